The second kappa shape index (κ2) is 8.36. The minimum atomic E-state index is 0.132. The maximum atomic E-state index is 5.95. The fourth-order valence-corrected chi connectivity index (χ4v) is 3.28. The first kappa shape index (κ1) is 17.8. The van der Waals surface area contributed by atoms with Gasteiger partial charge in [0.25, 0.3) is 0 Å². The molecule has 0 aliphatic carbocycles. The van der Waals surface area contributed by atoms with E-state index in [1.165, 1.54) is 5.56 Å². The molecule has 25 heavy (non-hydrogen) atoms. The predicted octanol–water partition coefficient (Wildman–Crippen LogP) is 2.79. The molecule has 1 aliphatic rings. The average molecular weight is 345 g/mol. The maximum Gasteiger partial charge on any atom is 0.122 e. The van der Waals surface area contributed by atoms with Crippen LogP contribution in [0.25, 0.3) is 0 Å². The Balaban J connectivity index is 1.57. The average Bonchev–Trinajstić information content (AvgIpc) is 3.30. The van der Waals surface area contributed by atoms with E-state index in [4.69, 9.17) is 14.2 Å². The van der Waals surface area contributed by atoms with Gasteiger partial charge in [0.2, 0.25) is 0 Å². The summed E-state index contributed by atoms with van der Waals surface area (Å²) in [5.41, 5.74) is 2.32. The molecule has 1 fully saturated rings. The number of aromatic nitrogens is 2. The van der Waals surface area contributed by atoms with Gasteiger partial charge in [0.15, 0.2) is 0 Å². The summed E-state index contributed by atoms with van der Waals surface area (Å²) in [5.74, 6) is 2.08. The molecule has 2 atom stereocenters. The van der Waals surface area contributed by atoms with Crippen LogP contribution in [0.3, 0.4) is 0 Å². The van der Waals surface area contributed by atoms with Crippen LogP contribution in [0.2, 0.25) is 0 Å². The lowest BCUT2D eigenvalue weighted by atomic mass is 9.97. The van der Waals surface area contributed by atoms with Crippen molar-refractivity contribution in [3.63, 3.8) is 0 Å². The molecule has 6 nitrogen and oxygen atoms in total. The van der Waals surface area contributed by atoms with Crippen molar-refractivity contribution in [2.45, 2.75) is 32.5 Å². The minimum absolute atomic E-state index is 0.132. The number of benzene rings is 1. The monoisotopic (exact) mass is 345 g/mol. The lowest BCUT2D eigenvalue weighted by Crippen LogP contribution is -2.24. The zero-order valence-electron chi connectivity index (χ0n) is 15.2. The van der Waals surface area contributed by atoms with Gasteiger partial charge in [0.1, 0.15) is 11.5 Å². The molecule has 1 aliphatic heterocycles. The molecule has 1 aromatic carbocycles. The Hall–Kier alpha value is -2.05. The topological polar surface area (TPSA) is 57.5 Å². The number of hydrogen-bond donors (Lipinski definition) is 1. The van der Waals surface area contributed by atoms with Crippen LogP contribution in [-0.4, -0.2) is 37.2 Å². The Morgan fingerprint density at radius 2 is 2.00 bits per heavy atom. The summed E-state index contributed by atoms with van der Waals surface area (Å²) in [6.07, 6.45) is 5.22. The van der Waals surface area contributed by atoms with Crippen LogP contribution in [0.5, 0.6) is 11.5 Å². The molecule has 0 amide bonds. The molecular weight excluding hydrogens is 318 g/mol. The van der Waals surface area contributed by atoms with Crippen molar-refractivity contribution >= 4 is 0 Å². The number of ether oxygens (including phenoxy) is 3. The molecule has 0 spiro atoms. The van der Waals surface area contributed by atoms with Gasteiger partial charge in [-0.25, -0.2) is 0 Å². The van der Waals surface area contributed by atoms with Crippen LogP contribution < -0.4 is 14.8 Å². The third kappa shape index (κ3) is 4.32. The van der Waals surface area contributed by atoms with Crippen molar-refractivity contribution in [1.82, 2.24) is 15.1 Å². The lowest BCUT2D eigenvalue weighted by Gasteiger charge is -2.18. The van der Waals surface area contributed by atoms with Crippen molar-refractivity contribution in [3.8, 4) is 11.5 Å². The van der Waals surface area contributed by atoms with Gasteiger partial charge in [-0.3, -0.25) is 4.68 Å². The van der Waals surface area contributed by atoms with Crippen LogP contribution >= 0.6 is 0 Å². The Bertz CT molecular complexity index is 664. The third-order valence-corrected chi connectivity index (χ3v) is 4.67. The summed E-state index contributed by atoms with van der Waals surface area (Å²) in [5, 5.41) is 7.92. The fourth-order valence-electron chi connectivity index (χ4n) is 3.28. The first-order valence-corrected chi connectivity index (χ1v) is 8.80. The number of aryl methyl sites for hydroxylation is 1. The smallest absolute Gasteiger partial charge is 0.122 e. The van der Waals surface area contributed by atoms with Gasteiger partial charge in [-0.1, -0.05) is 0 Å². The van der Waals surface area contributed by atoms with Crippen LogP contribution in [0, 0.1) is 5.92 Å². The number of nitrogens with zero attached hydrogens (tertiary/aromatic N) is 2. The number of nitrogens with one attached hydrogen (secondary N) is 1. The van der Waals surface area contributed by atoms with E-state index in [1.807, 2.05) is 29.1 Å². The number of methoxy groups -OCH3 is 2. The summed E-state index contributed by atoms with van der Waals surface area (Å²) < 4.78 is 18.6. The van der Waals surface area contributed by atoms with Crippen LogP contribution in [0.4, 0.5) is 0 Å². The third-order valence-electron chi connectivity index (χ3n) is 4.67. The standard InChI is InChI=1S/C19H27N3O3/c1-4-22-13-16(12-21-22)19-15(5-6-25-19)11-20-10-14-7-17(23-2)9-18(8-14)24-3/h7-9,12-13,15,19-20H,4-6,10-11H2,1-3H3/t15-,19-/m0/s1. The second-order valence-electron chi connectivity index (χ2n) is 6.32. The summed E-state index contributed by atoms with van der Waals surface area (Å²) in [7, 11) is 3.34. The zero-order chi connectivity index (χ0) is 17.6. The van der Waals surface area contributed by atoms with E-state index in [0.717, 1.165) is 49.7 Å². The molecule has 0 saturated carbocycles. The predicted molar refractivity (Wildman–Crippen MR) is 96.0 cm³/mol. The fraction of sp³-hybridized carbons (Fsp3) is 0.526. The van der Waals surface area contributed by atoms with Gasteiger partial charge in [0, 0.05) is 50.0 Å². The summed E-state index contributed by atoms with van der Waals surface area (Å²) >= 11 is 0. The van der Waals surface area contributed by atoms with Gasteiger partial charge >= 0.3 is 0 Å². The second-order valence-corrected chi connectivity index (χ2v) is 6.32. The summed E-state index contributed by atoms with van der Waals surface area (Å²) in [4.78, 5) is 0. The number of rotatable bonds is 8. The highest BCUT2D eigenvalue weighted by Crippen LogP contribution is 2.34. The highest BCUT2D eigenvalue weighted by molar-refractivity contribution is 5.38. The first-order chi connectivity index (χ1) is 12.2. The van der Waals surface area contributed by atoms with Crippen molar-refractivity contribution in [2.75, 3.05) is 27.4 Å². The molecule has 6 heteroatoms. The molecular formula is C19H27N3O3. The van der Waals surface area contributed by atoms with Crippen molar-refractivity contribution in [1.29, 1.82) is 0 Å². The van der Waals surface area contributed by atoms with Crippen molar-refractivity contribution in [3.05, 3.63) is 41.7 Å². The SMILES string of the molecule is CCn1cc([C@H]2OCC[C@H]2CNCc2cc(OC)cc(OC)c2)cn1. The van der Waals surface area contributed by atoms with Crippen molar-refractivity contribution < 1.29 is 14.2 Å². The minimum Gasteiger partial charge on any atom is -0.497 e. The van der Waals surface area contributed by atoms with Crippen molar-refractivity contribution in [2.24, 2.45) is 5.92 Å². The van der Waals surface area contributed by atoms with Gasteiger partial charge in [0.05, 0.1) is 26.5 Å². The van der Waals surface area contributed by atoms with Gasteiger partial charge < -0.3 is 19.5 Å². The highest BCUT2D eigenvalue weighted by Gasteiger charge is 2.30. The van der Waals surface area contributed by atoms with E-state index in [2.05, 4.69) is 23.5 Å². The Morgan fingerprint density at radius 3 is 2.64 bits per heavy atom. The van der Waals surface area contributed by atoms with Gasteiger partial charge in [-0.05, 0) is 31.0 Å². The highest BCUT2D eigenvalue weighted by atomic mass is 16.5. The largest absolute Gasteiger partial charge is 0.497 e. The molecule has 0 unspecified atom stereocenters. The summed E-state index contributed by atoms with van der Waals surface area (Å²) in [6, 6.07) is 5.95. The van der Waals surface area contributed by atoms with Gasteiger partial charge in [-0.15, -0.1) is 0 Å². The lowest BCUT2D eigenvalue weighted by molar-refractivity contribution is 0.0903. The maximum absolute atomic E-state index is 5.95. The Kier molecular flexibility index (Phi) is 5.94. The molecule has 2 aromatic rings. The van der Waals surface area contributed by atoms with E-state index in [9.17, 15) is 0 Å². The molecule has 2 heterocycles. The summed E-state index contributed by atoms with van der Waals surface area (Å²) in [6.45, 7) is 5.45. The molecule has 0 radical (unpaired) electrons. The molecule has 0 bridgehead atoms. The van der Waals surface area contributed by atoms with E-state index >= 15 is 0 Å². The quantitative estimate of drug-likeness (QED) is 0.797. The molecule has 136 valence electrons. The Morgan fingerprint density at radius 1 is 1.24 bits per heavy atom. The van der Waals surface area contributed by atoms with E-state index < -0.39 is 0 Å². The number of hydrogen-bond acceptors (Lipinski definition) is 5. The van der Waals surface area contributed by atoms with Gasteiger partial charge in [-0.2, -0.15) is 5.10 Å². The molecule has 1 aromatic heterocycles. The van der Waals surface area contributed by atoms with E-state index in [0.29, 0.717) is 5.92 Å². The van der Waals surface area contributed by atoms with Crippen LogP contribution in [0.15, 0.2) is 30.6 Å². The Labute approximate surface area is 149 Å². The van der Waals surface area contributed by atoms with Crippen LogP contribution in [0.1, 0.15) is 30.6 Å². The van der Waals surface area contributed by atoms with E-state index in [-0.39, 0.29) is 6.10 Å². The molecule has 1 saturated heterocycles. The van der Waals surface area contributed by atoms with E-state index in [1.54, 1.807) is 14.2 Å². The zero-order valence-corrected chi connectivity index (χ0v) is 15.2. The van der Waals surface area contributed by atoms with Crippen LogP contribution in [-0.2, 0) is 17.8 Å². The normalized spacial score (nSPS) is 20.0. The molecule has 3 rings (SSSR count). The first-order valence-electron chi connectivity index (χ1n) is 8.80. The molecule has 1 N–H and O–H groups in total.